The van der Waals surface area contributed by atoms with E-state index >= 15 is 0 Å². The first-order valence-electron chi connectivity index (χ1n) is 6.11. The van der Waals surface area contributed by atoms with E-state index in [0.717, 1.165) is 23.1 Å². The highest BCUT2D eigenvalue weighted by Crippen LogP contribution is 2.30. The van der Waals surface area contributed by atoms with E-state index in [1.807, 2.05) is 26.0 Å². The predicted molar refractivity (Wildman–Crippen MR) is 81.1 cm³/mol. The Hall–Kier alpha value is -1.06. The van der Waals surface area contributed by atoms with Gasteiger partial charge >= 0.3 is 0 Å². The highest BCUT2D eigenvalue weighted by atomic mass is 79.9. The Morgan fingerprint density at radius 3 is 2.44 bits per heavy atom. The maximum Gasteiger partial charge on any atom is 0.0608 e. The summed E-state index contributed by atoms with van der Waals surface area (Å²) in [6, 6.07) is 12.4. The first kappa shape index (κ1) is 13.4. The highest BCUT2D eigenvalue weighted by Gasteiger charge is 2.11. The zero-order valence-electron chi connectivity index (χ0n) is 10.7. The van der Waals surface area contributed by atoms with E-state index in [9.17, 15) is 5.11 Å². The van der Waals surface area contributed by atoms with Crippen LogP contribution in [0.3, 0.4) is 0 Å². The van der Waals surface area contributed by atoms with Crippen molar-refractivity contribution in [2.75, 3.05) is 11.9 Å². The Kier molecular flexibility index (Phi) is 3.93. The van der Waals surface area contributed by atoms with Crippen LogP contribution < -0.4 is 5.32 Å². The Morgan fingerprint density at radius 1 is 1.11 bits per heavy atom. The number of fused-ring (bicyclic) bond motifs is 1. The molecule has 0 spiro atoms. The van der Waals surface area contributed by atoms with Crippen LogP contribution in [-0.4, -0.2) is 17.3 Å². The molecule has 0 bridgehead atoms. The largest absolute Gasteiger partial charge is 0.390 e. The van der Waals surface area contributed by atoms with E-state index in [-0.39, 0.29) is 0 Å². The Labute approximate surface area is 116 Å². The van der Waals surface area contributed by atoms with Crippen molar-refractivity contribution in [2.24, 2.45) is 0 Å². The molecule has 0 fully saturated rings. The molecule has 0 aromatic heterocycles. The van der Waals surface area contributed by atoms with Gasteiger partial charge in [-0.05, 0) is 37.8 Å². The molecular weight excluding hydrogens is 290 g/mol. The van der Waals surface area contributed by atoms with Gasteiger partial charge in [0.2, 0.25) is 0 Å². The average molecular weight is 308 g/mol. The van der Waals surface area contributed by atoms with E-state index < -0.39 is 5.60 Å². The second kappa shape index (κ2) is 5.29. The molecule has 0 aliphatic rings. The molecule has 0 atom stereocenters. The summed E-state index contributed by atoms with van der Waals surface area (Å²) in [6.07, 6.45) is 0.720. The molecule has 2 nitrogen and oxygen atoms in total. The summed E-state index contributed by atoms with van der Waals surface area (Å²) in [4.78, 5) is 0. The Balaban J connectivity index is 2.21. The maximum atomic E-state index is 9.71. The molecule has 0 saturated heterocycles. The fourth-order valence-corrected chi connectivity index (χ4v) is 2.40. The molecule has 0 radical (unpaired) electrons. The normalized spacial score (nSPS) is 11.8. The summed E-state index contributed by atoms with van der Waals surface area (Å²) in [7, 11) is 0. The minimum Gasteiger partial charge on any atom is -0.390 e. The van der Waals surface area contributed by atoms with Crippen molar-refractivity contribution < 1.29 is 5.11 Å². The molecule has 0 amide bonds. The van der Waals surface area contributed by atoms with Crippen LogP contribution >= 0.6 is 15.9 Å². The van der Waals surface area contributed by atoms with Crippen molar-refractivity contribution in [3.05, 3.63) is 40.9 Å². The molecule has 2 rings (SSSR count). The van der Waals surface area contributed by atoms with Crippen LogP contribution in [0.15, 0.2) is 40.9 Å². The topological polar surface area (TPSA) is 32.3 Å². The van der Waals surface area contributed by atoms with Gasteiger partial charge in [0.05, 0.1) is 5.60 Å². The fraction of sp³-hybridized carbons (Fsp3) is 0.333. The number of hydrogen-bond donors (Lipinski definition) is 2. The summed E-state index contributed by atoms with van der Waals surface area (Å²) >= 11 is 3.56. The van der Waals surface area contributed by atoms with Gasteiger partial charge in [0.15, 0.2) is 0 Å². The highest BCUT2D eigenvalue weighted by molar-refractivity contribution is 9.10. The van der Waals surface area contributed by atoms with Crippen LogP contribution in [0.5, 0.6) is 0 Å². The number of nitrogens with one attached hydrogen (secondary N) is 1. The average Bonchev–Trinajstić information content (AvgIpc) is 2.31. The molecule has 18 heavy (non-hydrogen) atoms. The quantitative estimate of drug-likeness (QED) is 0.888. The van der Waals surface area contributed by atoms with Crippen LogP contribution in [0.4, 0.5) is 5.69 Å². The van der Waals surface area contributed by atoms with Crippen LogP contribution in [0.25, 0.3) is 10.8 Å². The molecule has 3 heteroatoms. The van der Waals surface area contributed by atoms with Gasteiger partial charge in [0, 0.05) is 22.1 Å². The molecular formula is C15H18BrNO. The number of hydrogen-bond acceptors (Lipinski definition) is 2. The maximum absolute atomic E-state index is 9.71. The first-order valence-corrected chi connectivity index (χ1v) is 6.90. The minimum atomic E-state index is -0.627. The van der Waals surface area contributed by atoms with Crippen LogP contribution in [0.1, 0.15) is 20.3 Å². The van der Waals surface area contributed by atoms with Gasteiger partial charge in [-0.1, -0.05) is 40.2 Å². The third-order valence-corrected chi connectivity index (χ3v) is 3.61. The summed E-state index contributed by atoms with van der Waals surface area (Å²) in [5, 5.41) is 15.5. The van der Waals surface area contributed by atoms with E-state index in [1.54, 1.807) is 0 Å². The number of rotatable bonds is 4. The number of anilines is 1. The van der Waals surface area contributed by atoms with E-state index in [1.165, 1.54) is 10.8 Å². The molecule has 0 saturated carbocycles. The lowest BCUT2D eigenvalue weighted by molar-refractivity contribution is 0.0749. The van der Waals surface area contributed by atoms with Gasteiger partial charge < -0.3 is 10.4 Å². The van der Waals surface area contributed by atoms with Gasteiger partial charge in [0.1, 0.15) is 0 Å². The lowest BCUT2D eigenvalue weighted by Crippen LogP contribution is -2.22. The zero-order chi connectivity index (χ0) is 13.2. The monoisotopic (exact) mass is 307 g/mol. The van der Waals surface area contributed by atoms with Gasteiger partial charge in [0.25, 0.3) is 0 Å². The standard InChI is InChI=1S/C15H18BrNO/c1-15(2,18)9-10-17-14-8-7-13(16)11-5-3-4-6-12(11)14/h3-8,17-18H,9-10H2,1-2H3. The van der Waals surface area contributed by atoms with Gasteiger partial charge in [-0.25, -0.2) is 0 Å². The molecule has 96 valence electrons. The minimum absolute atomic E-state index is 0.627. The van der Waals surface area contributed by atoms with E-state index in [4.69, 9.17) is 0 Å². The number of halogens is 1. The summed E-state index contributed by atoms with van der Waals surface area (Å²) in [5.41, 5.74) is 0.482. The van der Waals surface area contributed by atoms with Crippen LogP contribution in [0.2, 0.25) is 0 Å². The third kappa shape index (κ3) is 3.24. The summed E-state index contributed by atoms with van der Waals surface area (Å²) in [5.74, 6) is 0. The molecule has 2 aromatic rings. The van der Waals surface area contributed by atoms with Gasteiger partial charge in [-0.15, -0.1) is 0 Å². The lowest BCUT2D eigenvalue weighted by atomic mass is 10.1. The number of aliphatic hydroxyl groups is 1. The predicted octanol–water partition coefficient (Wildman–Crippen LogP) is 4.18. The van der Waals surface area contributed by atoms with E-state index in [2.05, 4.69) is 45.5 Å². The molecule has 0 aliphatic heterocycles. The smallest absolute Gasteiger partial charge is 0.0608 e. The van der Waals surface area contributed by atoms with Crippen molar-refractivity contribution >= 4 is 32.4 Å². The van der Waals surface area contributed by atoms with Crippen molar-refractivity contribution in [3.8, 4) is 0 Å². The van der Waals surface area contributed by atoms with Crippen molar-refractivity contribution in [1.29, 1.82) is 0 Å². The molecule has 0 unspecified atom stereocenters. The van der Waals surface area contributed by atoms with Gasteiger partial charge in [-0.2, -0.15) is 0 Å². The lowest BCUT2D eigenvalue weighted by Gasteiger charge is -2.18. The van der Waals surface area contributed by atoms with Gasteiger partial charge in [-0.3, -0.25) is 0 Å². The second-order valence-electron chi connectivity index (χ2n) is 5.13. The third-order valence-electron chi connectivity index (χ3n) is 2.92. The fourth-order valence-electron chi connectivity index (χ4n) is 1.92. The first-order chi connectivity index (χ1) is 8.47. The SMILES string of the molecule is CC(C)(O)CCNc1ccc(Br)c2ccccc12. The second-order valence-corrected chi connectivity index (χ2v) is 5.98. The summed E-state index contributed by atoms with van der Waals surface area (Å²) < 4.78 is 1.10. The van der Waals surface area contributed by atoms with Crippen molar-refractivity contribution in [3.63, 3.8) is 0 Å². The van der Waals surface area contributed by atoms with Crippen LogP contribution in [-0.2, 0) is 0 Å². The summed E-state index contributed by atoms with van der Waals surface area (Å²) in [6.45, 7) is 4.41. The molecule has 2 aromatic carbocycles. The molecule has 0 heterocycles. The number of benzene rings is 2. The zero-order valence-corrected chi connectivity index (χ0v) is 12.3. The van der Waals surface area contributed by atoms with Crippen molar-refractivity contribution in [1.82, 2.24) is 0 Å². The molecule has 2 N–H and O–H groups in total. The Bertz CT molecular complexity index is 546. The van der Waals surface area contributed by atoms with E-state index in [0.29, 0.717) is 0 Å². The van der Waals surface area contributed by atoms with Crippen molar-refractivity contribution in [2.45, 2.75) is 25.9 Å². The van der Waals surface area contributed by atoms with Crippen LogP contribution in [0, 0.1) is 0 Å². The Morgan fingerprint density at radius 2 is 1.78 bits per heavy atom. The molecule has 0 aliphatic carbocycles.